The van der Waals surface area contributed by atoms with Crippen molar-refractivity contribution in [3.8, 4) is 10.8 Å². The van der Waals surface area contributed by atoms with Gasteiger partial charge in [-0.3, -0.25) is 14.2 Å². The summed E-state index contributed by atoms with van der Waals surface area (Å²) in [5.41, 5.74) is -0.0689. The van der Waals surface area contributed by atoms with E-state index < -0.39 is 42.6 Å². The molecule has 0 spiro atoms. The normalized spacial score (nSPS) is 19.3. The number of ether oxygens (including phenoxy) is 2. The number of fused-ring (bicyclic) bond motifs is 1. The highest BCUT2D eigenvalue weighted by molar-refractivity contribution is 7.21. The number of likely N-dealkylation sites (tertiary alicyclic amines) is 1. The number of amides is 1. The molecule has 11 nitrogen and oxygen atoms in total. The number of aryl methyl sites for hydroxylation is 1. The summed E-state index contributed by atoms with van der Waals surface area (Å²) >= 11 is 1.27. The van der Waals surface area contributed by atoms with Gasteiger partial charge in [-0.25, -0.2) is 18.4 Å². The largest absolute Gasteiger partial charge is 0.496 e. The number of benzene rings is 3. The monoisotopic (exact) mass is 849 g/mol. The number of halogens is 1. The zero-order valence-electron chi connectivity index (χ0n) is 34.7. The third-order valence-corrected chi connectivity index (χ3v) is 18.6. The zero-order valence-corrected chi connectivity index (χ0v) is 36.5. The lowest BCUT2D eigenvalue weighted by molar-refractivity contribution is -0.129. The summed E-state index contributed by atoms with van der Waals surface area (Å²) in [4.78, 5) is 57.3. The van der Waals surface area contributed by atoms with Gasteiger partial charge in [0.15, 0.2) is 0 Å². The molecule has 14 heteroatoms. The van der Waals surface area contributed by atoms with Gasteiger partial charge in [0.1, 0.15) is 33.5 Å². The maximum Gasteiger partial charge on any atom is 0.332 e. The first kappa shape index (κ1) is 41.6. The van der Waals surface area contributed by atoms with E-state index in [1.807, 2.05) is 43.3 Å². The molecule has 1 aliphatic carbocycles. The molecule has 6 aromatic rings. The summed E-state index contributed by atoms with van der Waals surface area (Å²) in [5, 5.41) is 6.99. The number of aromatic nitrogens is 4. The smallest absolute Gasteiger partial charge is 0.332 e. The molecule has 60 heavy (non-hydrogen) atoms. The lowest BCUT2D eigenvalue weighted by Crippen LogP contribution is -2.65. The fourth-order valence-electron chi connectivity index (χ4n) is 9.66. The standard InChI is InChI=1S/C46H52FN5O6SSi/c1-30-40-42(54)52(37-23-26-49(4)41(37)53)45(55)50(44(40)59-43(30)51-25-12-24-48-51)29-39(36-27-32(47)19-22-38(36)57-5)58-33-20-17-31(18-21-33)28-46(2,3)60(56,34-13-8-6-9-14-34)35-15-10-7-11-16-35/h6-16,19,22,24-25,27,31,33,37,39,56H,17-18,20-21,23,26,28-29H2,1-5H3/t31?,33?,37-,39+/m1/s1. The number of methoxy groups -OCH3 is 1. The summed E-state index contributed by atoms with van der Waals surface area (Å²) in [6.07, 6.45) is 6.65. The van der Waals surface area contributed by atoms with Crippen LogP contribution in [-0.4, -0.2) is 69.6 Å². The molecule has 1 N–H and O–H groups in total. The van der Waals surface area contributed by atoms with Crippen LogP contribution in [0, 0.1) is 18.7 Å². The van der Waals surface area contributed by atoms with Crippen LogP contribution in [0.1, 0.15) is 75.6 Å². The topological polar surface area (TPSA) is 121 Å². The molecule has 4 heterocycles. The van der Waals surface area contributed by atoms with Crippen LogP contribution in [0.25, 0.3) is 15.2 Å². The van der Waals surface area contributed by atoms with Crippen molar-refractivity contribution in [1.82, 2.24) is 23.8 Å². The van der Waals surface area contributed by atoms with Crippen LogP contribution in [0.15, 0.2) is 107 Å². The predicted molar refractivity (Wildman–Crippen MR) is 235 cm³/mol. The summed E-state index contributed by atoms with van der Waals surface area (Å²) in [6, 6.07) is 25.3. The minimum atomic E-state index is -3.20. The second kappa shape index (κ2) is 16.7. The maximum absolute atomic E-state index is 15.2. The number of likely N-dealkylation sites (N-methyl/N-ethyl adjacent to an activating group) is 1. The van der Waals surface area contributed by atoms with E-state index in [2.05, 4.69) is 43.2 Å². The zero-order chi connectivity index (χ0) is 42.3. The molecule has 2 aliphatic rings. The molecular formula is C46H52FN5O6SSi. The molecule has 3 aromatic heterocycles. The Balaban J connectivity index is 1.13. The van der Waals surface area contributed by atoms with E-state index in [1.54, 1.807) is 36.3 Å². The molecule has 314 valence electrons. The Labute approximate surface area is 353 Å². The van der Waals surface area contributed by atoms with Crippen molar-refractivity contribution >= 4 is 46.2 Å². The third-order valence-electron chi connectivity index (χ3n) is 12.8. The van der Waals surface area contributed by atoms with E-state index in [0.29, 0.717) is 51.0 Å². The number of rotatable bonds is 13. The average molecular weight is 850 g/mol. The maximum atomic E-state index is 15.2. The second-order valence-corrected chi connectivity index (χ2v) is 21.9. The first-order valence-electron chi connectivity index (χ1n) is 20.7. The van der Waals surface area contributed by atoms with Crippen molar-refractivity contribution in [3.63, 3.8) is 0 Å². The quantitative estimate of drug-likeness (QED) is 0.132. The van der Waals surface area contributed by atoms with Crippen LogP contribution in [-0.2, 0) is 16.1 Å². The van der Waals surface area contributed by atoms with Crippen LogP contribution in [0.2, 0.25) is 5.04 Å². The number of carbonyl (C=O) groups excluding carboxylic acids is 1. The molecule has 1 aliphatic heterocycles. The highest BCUT2D eigenvalue weighted by Gasteiger charge is 2.51. The van der Waals surface area contributed by atoms with E-state index >= 15 is 4.39 Å². The molecule has 2 fully saturated rings. The van der Waals surface area contributed by atoms with Crippen molar-refractivity contribution < 1.29 is 23.5 Å². The average Bonchev–Trinajstić information content (AvgIpc) is 3.99. The highest BCUT2D eigenvalue weighted by Crippen LogP contribution is 2.46. The van der Waals surface area contributed by atoms with Gasteiger partial charge in [-0.15, -0.1) is 0 Å². The van der Waals surface area contributed by atoms with Gasteiger partial charge >= 0.3 is 5.69 Å². The minimum absolute atomic E-state index is 0.0651. The third kappa shape index (κ3) is 7.48. The summed E-state index contributed by atoms with van der Waals surface area (Å²) in [5.74, 6) is -0.0360. The molecule has 8 rings (SSSR count). The van der Waals surface area contributed by atoms with Gasteiger partial charge < -0.3 is 19.2 Å². The fraction of sp³-hybridized carbons (Fsp3) is 0.391. The van der Waals surface area contributed by atoms with Crippen LogP contribution >= 0.6 is 11.3 Å². The Morgan fingerprint density at radius 3 is 2.20 bits per heavy atom. The lowest BCUT2D eigenvalue weighted by Gasteiger charge is -2.44. The van der Waals surface area contributed by atoms with Crippen molar-refractivity contribution in [3.05, 3.63) is 135 Å². The molecule has 1 amide bonds. The molecule has 3 aromatic carbocycles. The fourth-order valence-corrected chi connectivity index (χ4v) is 14.7. The Morgan fingerprint density at radius 1 is 0.950 bits per heavy atom. The second-order valence-electron chi connectivity index (χ2n) is 17.0. The molecule has 0 radical (unpaired) electrons. The summed E-state index contributed by atoms with van der Waals surface area (Å²) in [7, 11) is -0.0171. The van der Waals surface area contributed by atoms with Crippen LogP contribution in [0.3, 0.4) is 0 Å². The summed E-state index contributed by atoms with van der Waals surface area (Å²) in [6.45, 7) is 6.58. The van der Waals surface area contributed by atoms with Crippen molar-refractivity contribution in [2.24, 2.45) is 5.92 Å². The van der Waals surface area contributed by atoms with E-state index in [4.69, 9.17) is 9.47 Å². The Hall–Kier alpha value is -5.15. The lowest BCUT2D eigenvalue weighted by atomic mass is 9.82. The van der Waals surface area contributed by atoms with E-state index in [-0.39, 0.29) is 18.6 Å². The predicted octanol–water partition coefficient (Wildman–Crippen LogP) is 6.51. The molecule has 1 saturated carbocycles. The van der Waals surface area contributed by atoms with Gasteiger partial charge in [-0.05, 0) is 91.0 Å². The van der Waals surface area contributed by atoms with Gasteiger partial charge in [0.05, 0.1) is 25.1 Å². The van der Waals surface area contributed by atoms with E-state index in [1.165, 1.54) is 40.0 Å². The van der Waals surface area contributed by atoms with Crippen LogP contribution in [0.4, 0.5) is 4.39 Å². The molecule has 1 saturated heterocycles. The SMILES string of the molecule is COc1ccc(F)cc1[C@H](Cn1c(=O)n([C@@H]2CCN(C)C2=O)c(=O)c2c(C)c(-n3cccn3)sc21)OC1CCC(CC(C)(C)[Si](O)(c2ccccc2)c2ccccc2)CC1. The Morgan fingerprint density at radius 2 is 1.62 bits per heavy atom. The van der Waals surface area contributed by atoms with Crippen LogP contribution < -0.4 is 26.4 Å². The Kier molecular flexibility index (Phi) is 11.6. The molecule has 2 atom stereocenters. The van der Waals surface area contributed by atoms with Crippen LogP contribution in [0.5, 0.6) is 5.75 Å². The van der Waals surface area contributed by atoms with Crippen molar-refractivity contribution in [2.45, 2.75) is 89.1 Å². The number of hydrogen-bond donors (Lipinski definition) is 1. The summed E-state index contributed by atoms with van der Waals surface area (Å²) < 4.78 is 32.2. The molecule has 0 unspecified atom stereocenters. The molecular weight excluding hydrogens is 798 g/mol. The number of hydrogen-bond acceptors (Lipinski definition) is 8. The van der Waals surface area contributed by atoms with Gasteiger partial charge in [0.25, 0.3) is 13.9 Å². The first-order valence-corrected chi connectivity index (χ1v) is 23.4. The first-order chi connectivity index (χ1) is 28.8. The number of carbonyl (C=O) groups is 1. The Bertz CT molecular complexity index is 2560. The van der Waals surface area contributed by atoms with E-state index in [9.17, 15) is 19.2 Å². The number of nitrogens with zero attached hydrogens (tertiary/aromatic N) is 5. The van der Waals surface area contributed by atoms with Gasteiger partial charge in [0.2, 0.25) is 5.91 Å². The van der Waals surface area contributed by atoms with E-state index in [0.717, 1.165) is 47.0 Å². The van der Waals surface area contributed by atoms with Crippen molar-refractivity contribution in [2.75, 3.05) is 20.7 Å². The highest BCUT2D eigenvalue weighted by atomic mass is 32.1. The van der Waals surface area contributed by atoms with Gasteiger partial charge in [-0.2, -0.15) is 5.10 Å². The molecule has 0 bridgehead atoms. The number of thiophene rings is 1. The van der Waals surface area contributed by atoms with Gasteiger partial charge in [-0.1, -0.05) is 85.8 Å². The van der Waals surface area contributed by atoms with Crippen molar-refractivity contribution in [1.29, 1.82) is 0 Å². The minimum Gasteiger partial charge on any atom is -0.496 e. The van der Waals surface area contributed by atoms with Gasteiger partial charge in [0, 0.05) is 37.1 Å².